The molecule has 168 valence electrons. The van der Waals surface area contributed by atoms with Crippen molar-refractivity contribution in [1.29, 1.82) is 0 Å². The summed E-state index contributed by atoms with van der Waals surface area (Å²) in [5, 5.41) is 11.9. The molecule has 0 radical (unpaired) electrons. The Hall–Kier alpha value is -4.20. The van der Waals surface area contributed by atoms with Crippen LogP contribution in [0.4, 0.5) is 25.0 Å². The molecule has 0 aliphatic carbocycles. The van der Waals surface area contributed by atoms with Gasteiger partial charge in [-0.2, -0.15) is 5.10 Å². The van der Waals surface area contributed by atoms with Gasteiger partial charge in [-0.25, -0.2) is 34.4 Å². The average Bonchev–Trinajstić information content (AvgIpc) is 3.23. The summed E-state index contributed by atoms with van der Waals surface area (Å²) in [7, 11) is 3.81. The zero-order valence-electron chi connectivity index (χ0n) is 17.3. The number of hydrogen-bond acceptors (Lipinski definition) is 8. The maximum absolute atomic E-state index is 15.2. The van der Waals surface area contributed by atoms with E-state index in [2.05, 4.69) is 20.3 Å². The number of guanidine groups is 1. The summed E-state index contributed by atoms with van der Waals surface area (Å²) in [6, 6.07) is 0.159. The van der Waals surface area contributed by atoms with E-state index in [1.807, 2.05) is 0 Å². The number of halogens is 2. The predicted molar refractivity (Wildman–Crippen MR) is 111 cm³/mol. The number of carbonyl (C=O) groups excluding carboxylic acids is 1. The molecule has 3 heterocycles. The van der Waals surface area contributed by atoms with Crippen molar-refractivity contribution in [2.45, 2.75) is 6.54 Å². The molecule has 32 heavy (non-hydrogen) atoms. The SMILES string of the molecule is COc1cc(OC)c(F)c(N2Cc3cnc4[nH]ncc4c3N(/C(N)=N/N(C)N)C2=O)c1F. The standard InChI is InChI=1S/C18H19F2N9O3/c1-27(22)26-17(21)29-14-8(5-23-16-9(14)6-24-25-16)7-28(18(29)30)15-12(19)10(31-2)4-11(32-3)13(15)20/h4-6H,7,22H2,1-3H3,(H2,21,26)(H,23,24,25). The molecule has 4 rings (SSSR count). The van der Waals surface area contributed by atoms with Crippen LogP contribution in [0.2, 0.25) is 0 Å². The van der Waals surface area contributed by atoms with Crippen LogP contribution >= 0.6 is 0 Å². The summed E-state index contributed by atoms with van der Waals surface area (Å²) >= 11 is 0. The Morgan fingerprint density at radius 1 is 1.22 bits per heavy atom. The van der Waals surface area contributed by atoms with Gasteiger partial charge in [-0.1, -0.05) is 0 Å². The molecule has 0 unspecified atom stereocenters. The number of methoxy groups -OCH3 is 2. The third-order valence-electron chi connectivity index (χ3n) is 4.81. The topological polar surface area (TPSA) is 151 Å². The number of amides is 2. The first-order valence-electron chi connectivity index (χ1n) is 9.13. The second kappa shape index (κ2) is 7.81. The van der Waals surface area contributed by atoms with E-state index in [-0.39, 0.29) is 24.0 Å². The number of carbonyl (C=O) groups is 1. The number of rotatable bonds is 4. The Labute approximate surface area is 179 Å². The van der Waals surface area contributed by atoms with E-state index < -0.39 is 23.4 Å². The van der Waals surface area contributed by atoms with Gasteiger partial charge in [0.15, 0.2) is 28.8 Å². The van der Waals surface area contributed by atoms with Crippen molar-refractivity contribution < 1.29 is 23.0 Å². The number of pyridine rings is 1. The lowest BCUT2D eigenvalue weighted by molar-refractivity contribution is 0.252. The number of anilines is 2. The number of aromatic amines is 1. The van der Waals surface area contributed by atoms with Gasteiger partial charge in [0.05, 0.1) is 38.0 Å². The van der Waals surface area contributed by atoms with Gasteiger partial charge in [0.25, 0.3) is 0 Å². The lowest BCUT2D eigenvalue weighted by Gasteiger charge is -2.36. The molecule has 1 aliphatic heterocycles. The van der Waals surface area contributed by atoms with Gasteiger partial charge >= 0.3 is 6.03 Å². The maximum Gasteiger partial charge on any atom is 0.336 e. The first-order chi connectivity index (χ1) is 15.3. The molecule has 0 bridgehead atoms. The predicted octanol–water partition coefficient (Wildman–Crippen LogP) is 1.24. The first-order valence-corrected chi connectivity index (χ1v) is 9.13. The molecule has 0 saturated carbocycles. The van der Waals surface area contributed by atoms with Crippen LogP contribution in [-0.2, 0) is 6.54 Å². The normalized spacial score (nSPS) is 14.1. The summed E-state index contributed by atoms with van der Waals surface area (Å²) in [4.78, 5) is 19.6. The molecule has 2 aromatic heterocycles. The van der Waals surface area contributed by atoms with Crippen molar-refractivity contribution in [3.8, 4) is 11.5 Å². The highest BCUT2D eigenvalue weighted by molar-refractivity contribution is 6.24. The number of H-pyrrole nitrogens is 1. The number of hydrazone groups is 1. The number of urea groups is 1. The number of fused-ring (bicyclic) bond motifs is 3. The summed E-state index contributed by atoms with van der Waals surface area (Å²) in [5.74, 6) is 2.42. The Morgan fingerprint density at radius 3 is 2.47 bits per heavy atom. The number of nitrogens with zero attached hydrogens (tertiary/aromatic N) is 6. The summed E-state index contributed by atoms with van der Waals surface area (Å²) in [6.45, 7) is -0.227. The molecule has 1 aromatic carbocycles. The van der Waals surface area contributed by atoms with E-state index in [0.29, 0.717) is 22.3 Å². The Morgan fingerprint density at radius 2 is 1.88 bits per heavy atom. The molecule has 12 nitrogen and oxygen atoms in total. The van der Waals surface area contributed by atoms with Crippen LogP contribution in [0, 0.1) is 11.6 Å². The van der Waals surface area contributed by atoms with E-state index in [4.69, 9.17) is 21.1 Å². The monoisotopic (exact) mass is 447 g/mol. The fourth-order valence-electron chi connectivity index (χ4n) is 3.46. The smallest absolute Gasteiger partial charge is 0.336 e. The molecule has 0 fully saturated rings. The van der Waals surface area contributed by atoms with Crippen LogP contribution in [-0.4, -0.2) is 53.6 Å². The van der Waals surface area contributed by atoms with Crippen molar-refractivity contribution in [3.05, 3.63) is 35.7 Å². The van der Waals surface area contributed by atoms with Crippen molar-refractivity contribution in [1.82, 2.24) is 20.3 Å². The molecule has 3 aromatic rings. The van der Waals surface area contributed by atoms with Crippen LogP contribution in [0.5, 0.6) is 11.5 Å². The molecule has 5 N–H and O–H groups in total. The van der Waals surface area contributed by atoms with Crippen molar-refractivity contribution in [2.24, 2.45) is 16.7 Å². The highest BCUT2D eigenvalue weighted by Gasteiger charge is 2.39. The molecule has 0 saturated heterocycles. The lowest BCUT2D eigenvalue weighted by Crippen LogP contribution is -2.54. The third-order valence-corrected chi connectivity index (χ3v) is 4.81. The molecular weight excluding hydrogens is 428 g/mol. The number of hydrazine groups is 1. The number of aromatic nitrogens is 3. The van der Waals surface area contributed by atoms with Crippen LogP contribution in [0.15, 0.2) is 23.6 Å². The fourth-order valence-corrected chi connectivity index (χ4v) is 3.46. The Bertz CT molecular complexity index is 1220. The summed E-state index contributed by atoms with van der Waals surface area (Å²) < 4.78 is 40.3. The molecular formula is C18H19F2N9O3. The molecule has 1 aliphatic rings. The van der Waals surface area contributed by atoms with Gasteiger partial charge in [0.2, 0.25) is 5.96 Å². The van der Waals surface area contributed by atoms with Gasteiger partial charge in [-0.15, -0.1) is 5.10 Å². The number of ether oxygens (including phenoxy) is 2. The summed E-state index contributed by atoms with van der Waals surface area (Å²) in [6.07, 6.45) is 2.89. The zero-order chi connectivity index (χ0) is 23.2. The van der Waals surface area contributed by atoms with Crippen LogP contribution in [0.25, 0.3) is 11.0 Å². The summed E-state index contributed by atoms with van der Waals surface area (Å²) in [5.41, 5.74) is 6.50. The maximum atomic E-state index is 15.2. The van der Waals surface area contributed by atoms with Crippen LogP contribution in [0.1, 0.15) is 5.56 Å². The zero-order valence-corrected chi connectivity index (χ0v) is 17.3. The molecule has 14 heteroatoms. The van der Waals surface area contributed by atoms with Gasteiger partial charge in [-0.3, -0.25) is 10.00 Å². The average molecular weight is 447 g/mol. The van der Waals surface area contributed by atoms with Gasteiger partial charge in [0.1, 0.15) is 5.69 Å². The third kappa shape index (κ3) is 3.17. The van der Waals surface area contributed by atoms with Gasteiger partial charge in [-0.05, 0) is 0 Å². The van der Waals surface area contributed by atoms with E-state index >= 15 is 8.78 Å². The highest BCUT2D eigenvalue weighted by atomic mass is 19.1. The van der Waals surface area contributed by atoms with E-state index in [1.54, 1.807) is 0 Å². The highest BCUT2D eigenvalue weighted by Crippen LogP contribution is 2.42. The van der Waals surface area contributed by atoms with Crippen molar-refractivity contribution in [2.75, 3.05) is 31.1 Å². The second-order valence-electron chi connectivity index (χ2n) is 6.76. The number of nitrogens with two attached hydrogens (primary N) is 2. The molecule has 2 amide bonds. The minimum Gasteiger partial charge on any atom is -0.493 e. The van der Waals surface area contributed by atoms with Crippen molar-refractivity contribution in [3.63, 3.8) is 0 Å². The van der Waals surface area contributed by atoms with Crippen LogP contribution in [0.3, 0.4) is 0 Å². The van der Waals surface area contributed by atoms with E-state index in [1.165, 1.54) is 33.7 Å². The molecule has 0 atom stereocenters. The quantitative estimate of drug-likeness (QED) is 0.234. The lowest BCUT2D eigenvalue weighted by atomic mass is 10.1. The first kappa shape index (κ1) is 21.0. The minimum atomic E-state index is -1.09. The van der Waals surface area contributed by atoms with Gasteiger partial charge < -0.3 is 15.2 Å². The Kier molecular flexibility index (Phi) is 5.14. The second-order valence-corrected chi connectivity index (χ2v) is 6.76. The Balaban J connectivity index is 1.97. The van der Waals surface area contributed by atoms with Crippen LogP contribution < -0.4 is 30.8 Å². The van der Waals surface area contributed by atoms with E-state index in [0.717, 1.165) is 21.0 Å². The minimum absolute atomic E-state index is 0.227. The number of hydrogen-bond donors (Lipinski definition) is 3. The van der Waals surface area contributed by atoms with E-state index in [9.17, 15) is 4.79 Å². The number of nitrogens with one attached hydrogen (secondary N) is 1. The van der Waals surface area contributed by atoms with Crippen molar-refractivity contribution >= 4 is 34.4 Å². The largest absolute Gasteiger partial charge is 0.493 e. The van der Waals surface area contributed by atoms with Gasteiger partial charge in [0, 0.05) is 24.9 Å². The molecule has 0 spiro atoms. The fraction of sp³-hybridized carbons (Fsp3) is 0.222. The number of benzene rings is 1.